The number of hydrogen-bond acceptors (Lipinski definition) is 6. The molecule has 1 aliphatic rings. The summed E-state index contributed by atoms with van der Waals surface area (Å²) in [5, 5.41) is 12.5. The number of piperazine rings is 1. The number of rotatable bonds is 5. The van der Waals surface area contributed by atoms with Gasteiger partial charge >= 0.3 is 5.97 Å². The molecule has 2 aromatic rings. The number of carbonyl (C=O) groups is 1. The number of aromatic carboxylic acids is 1. The lowest BCUT2D eigenvalue weighted by atomic mass is 10.1. The van der Waals surface area contributed by atoms with Crippen molar-refractivity contribution in [2.24, 2.45) is 0 Å². The van der Waals surface area contributed by atoms with Crippen LogP contribution in [-0.4, -0.2) is 58.9 Å². The van der Waals surface area contributed by atoms with Crippen molar-refractivity contribution in [2.75, 3.05) is 38.7 Å². The minimum absolute atomic E-state index is 0.120. The van der Waals surface area contributed by atoms with Gasteiger partial charge in [0.05, 0.1) is 10.9 Å². The maximum absolute atomic E-state index is 15.1. The normalized spacial score (nSPS) is 16.0. The minimum Gasteiger partial charge on any atom is -0.477 e. The smallest absolute Gasteiger partial charge is 0.341 e. The molecule has 3 N–H and O–H groups in total. The standard InChI is InChI=1S/C17H21F2N5O3/c1-3-22-9-11(17(26)27)16(25)10-8-12(18)14(13(19)15(10)22)21-24-6-4-23(20-2)5-7-24/h8-9,20-21H,3-7H2,1-2H3,(H,26,27). The molecule has 1 fully saturated rings. The number of pyridine rings is 1. The first kappa shape index (κ1) is 19.2. The van der Waals surface area contributed by atoms with Gasteiger partial charge in [-0.25, -0.2) is 23.6 Å². The van der Waals surface area contributed by atoms with Crippen LogP contribution < -0.4 is 16.3 Å². The molecule has 1 aromatic heterocycles. The first-order chi connectivity index (χ1) is 12.9. The van der Waals surface area contributed by atoms with Crippen molar-refractivity contribution in [3.63, 3.8) is 0 Å². The third-order valence-electron chi connectivity index (χ3n) is 4.69. The predicted octanol–water partition coefficient (Wildman–Crippen LogP) is 1.08. The van der Waals surface area contributed by atoms with Crippen molar-refractivity contribution >= 4 is 22.6 Å². The Morgan fingerprint density at radius 2 is 1.85 bits per heavy atom. The molecule has 1 aliphatic heterocycles. The Balaban J connectivity index is 2.07. The Labute approximate surface area is 153 Å². The molecule has 0 spiro atoms. The van der Waals surface area contributed by atoms with Gasteiger partial charge in [0.15, 0.2) is 11.6 Å². The third kappa shape index (κ3) is 3.51. The highest BCUT2D eigenvalue weighted by Crippen LogP contribution is 2.27. The number of nitrogens with one attached hydrogen (secondary N) is 2. The van der Waals surface area contributed by atoms with Crippen LogP contribution in [-0.2, 0) is 6.54 Å². The zero-order chi connectivity index (χ0) is 19.7. The maximum atomic E-state index is 15.1. The molecule has 3 rings (SSSR count). The first-order valence-electron chi connectivity index (χ1n) is 8.59. The fourth-order valence-corrected chi connectivity index (χ4v) is 3.19. The molecule has 10 heteroatoms. The summed E-state index contributed by atoms with van der Waals surface area (Å²) in [6, 6.07) is 0.894. The van der Waals surface area contributed by atoms with E-state index in [0.717, 1.165) is 12.3 Å². The number of hydrogen-bond donors (Lipinski definition) is 3. The van der Waals surface area contributed by atoms with Crippen LogP contribution in [0.4, 0.5) is 14.5 Å². The van der Waals surface area contributed by atoms with Crippen molar-refractivity contribution in [1.29, 1.82) is 0 Å². The predicted molar refractivity (Wildman–Crippen MR) is 96.6 cm³/mol. The quantitative estimate of drug-likeness (QED) is 0.714. The van der Waals surface area contributed by atoms with E-state index in [1.54, 1.807) is 19.0 Å². The summed E-state index contributed by atoms with van der Waals surface area (Å²) < 4.78 is 31.0. The Bertz CT molecular complexity index is 939. The molecule has 1 saturated heterocycles. The lowest BCUT2D eigenvalue weighted by Crippen LogP contribution is -2.52. The fraction of sp³-hybridized carbons (Fsp3) is 0.412. The maximum Gasteiger partial charge on any atom is 0.341 e. The van der Waals surface area contributed by atoms with Crippen LogP contribution in [0.1, 0.15) is 17.3 Å². The van der Waals surface area contributed by atoms with Crippen LogP contribution >= 0.6 is 0 Å². The van der Waals surface area contributed by atoms with E-state index in [1.165, 1.54) is 4.57 Å². The summed E-state index contributed by atoms with van der Waals surface area (Å²) in [6.07, 6.45) is 1.09. The number of aryl methyl sites for hydroxylation is 1. The van der Waals surface area contributed by atoms with Crippen molar-refractivity contribution in [2.45, 2.75) is 13.5 Å². The molecule has 0 aliphatic carbocycles. The van der Waals surface area contributed by atoms with Crippen molar-refractivity contribution in [3.8, 4) is 0 Å². The van der Waals surface area contributed by atoms with E-state index >= 15 is 4.39 Å². The van der Waals surface area contributed by atoms with Gasteiger partial charge in [-0.1, -0.05) is 0 Å². The zero-order valence-electron chi connectivity index (χ0n) is 15.1. The molecule has 0 atom stereocenters. The van der Waals surface area contributed by atoms with Crippen LogP contribution in [0.25, 0.3) is 10.9 Å². The topological polar surface area (TPSA) is 89.8 Å². The molecule has 146 valence electrons. The van der Waals surface area contributed by atoms with E-state index in [-0.39, 0.29) is 23.1 Å². The number of benzene rings is 1. The van der Waals surface area contributed by atoms with Gasteiger partial charge in [-0.05, 0) is 20.0 Å². The molecule has 0 radical (unpaired) electrons. The van der Waals surface area contributed by atoms with Gasteiger partial charge in [0, 0.05) is 38.9 Å². The lowest BCUT2D eigenvalue weighted by Gasteiger charge is -2.34. The number of hydrazine groups is 2. The Morgan fingerprint density at radius 1 is 1.22 bits per heavy atom. The van der Waals surface area contributed by atoms with E-state index in [1.807, 2.05) is 5.01 Å². The number of fused-ring (bicyclic) bond motifs is 1. The highest BCUT2D eigenvalue weighted by atomic mass is 19.1. The second kappa shape index (κ2) is 7.59. The monoisotopic (exact) mass is 381 g/mol. The molecular weight excluding hydrogens is 360 g/mol. The Morgan fingerprint density at radius 3 is 2.41 bits per heavy atom. The largest absolute Gasteiger partial charge is 0.477 e. The van der Waals surface area contributed by atoms with Gasteiger partial charge in [-0.2, -0.15) is 0 Å². The van der Waals surface area contributed by atoms with Crippen molar-refractivity contribution in [1.82, 2.24) is 20.0 Å². The third-order valence-corrected chi connectivity index (χ3v) is 4.69. The average Bonchev–Trinajstić information content (AvgIpc) is 2.66. The molecule has 0 saturated carbocycles. The number of carboxylic acid groups (broad SMARTS) is 1. The average molecular weight is 381 g/mol. The number of halogens is 2. The highest BCUT2D eigenvalue weighted by molar-refractivity contribution is 5.93. The van der Waals surface area contributed by atoms with Crippen LogP contribution in [0.5, 0.6) is 0 Å². The van der Waals surface area contributed by atoms with Gasteiger partial charge in [0.2, 0.25) is 5.43 Å². The molecular formula is C17H21F2N5O3. The molecule has 2 heterocycles. The second-order valence-corrected chi connectivity index (χ2v) is 6.22. The van der Waals surface area contributed by atoms with Crippen LogP contribution in [0, 0.1) is 11.6 Å². The summed E-state index contributed by atoms with van der Waals surface area (Å²) in [4.78, 5) is 23.6. The van der Waals surface area contributed by atoms with Gasteiger partial charge in [-0.15, -0.1) is 0 Å². The number of carboxylic acids is 1. The first-order valence-corrected chi connectivity index (χ1v) is 8.59. The summed E-state index contributed by atoms with van der Waals surface area (Å²) in [7, 11) is 1.81. The highest BCUT2D eigenvalue weighted by Gasteiger charge is 2.24. The molecule has 8 nitrogen and oxygen atoms in total. The Kier molecular flexibility index (Phi) is 5.40. The summed E-state index contributed by atoms with van der Waals surface area (Å²) in [5.41, 5.74) is 3.87. The molecule has 1 aromatic carbocycles. The second-order valence-electron chi connectivity index (χ2n) is 6.22. The number of anilines is 1. The van der Waals surface area contributed by atoms with Crippen molar-refractivity contribution in [3.05, 3.63) is 39.7 Å². The van der Waals surface area contributed by atoms with E-state index in [2.05, 4.69) is 10.9 Å². The van der Waals surface area contributed by atoms with Gasteiger partial charge in [-0.3, -0.25) is 10.2 Å². The number of nitrogens with zero attached hydrogens (tertiary/aromatic N) is 3. The van der Waals surface area contributed by atoms with Gasteiger partial charge in [0.1, 0.15) is 11.3 Å². The van der Waals surface area contributed by atoms with E-state index < -0.39 is 28.6 Å². The SMILES string of the molecule is CCn1cc(C(=O)O)c(=O)c2cc(F)c(NN3CCN(NC)CC3)c(F)c21. The summed E-state index contributed by atoms with van der Waals surface area (Å²) >= 11 is 0. The van der Waals surface area contributed by atoms with Crippen LogP contribution in [0.15, 0.2) is 17.1 Å². The summed E-state index contributed by atoms with van der Waals surface area (Å²) in [5.74, 6) is -3.30. The van der Waals surface area contributed by atoms with Gasteiger partial charge < -0.3 is 15.1 Å². The molecule has 0 amide bonds. The zero-order valence-corrected chi connectivity index (χ0v) is 15.1. The molecule has 0 bridgehead atoms. The Hall–Kier alpha value is -2.56. The van der Waals surface area contributed by atoms with Crippen LogP contribution in [0.2, 0.25) is 0 Å². The van der Waals surface area contributed by atoms with E-state index in [9.17, 15) is 14.0 Å². The lowest BCUT2D eigenvalue weighted by molar-refractivity contribution is 0.0695. The van der Waals surface area contributed by atoms with Crippen LogP contribution in [0.3, 0.4) is 0 Å². The molecule has 0 unspecified atom stereocenters. The van der Waals surface area contributed by atoms with Gasteiger partial charge in [0.25, 0.3) is 0 Å². The fourth-order valence-electron chi connectivity index (χ4n) is 3.19. The van der Waals surface area contributed by atoms with Crippen molar-refractivity contribution < 1.29 is 18.7 Å². The summed E-state index contributed by atoms with van der Waals surface area (Å²) in [6.45, 7) is 4.32. The number of aromatic nitrogens is 1. The van der Waals surface area contributed by atoms with E-state index in [0.29, 0.717) is 26.2 Å². The van der Waals surface area contributed by atoms with E-state index in [4.69, 9.17) is 5.11 Å². The minimum atomic E-state index is -1.44. The molecule has 27 heavy (non-hydrogen) atoms.